The smallest absolute Gasteiger partial charge is 0.305 e. The molecule has 2 aromatic rings. The van der Waals surface area contributed by atoms with Gasteiger partial charge in [0, 0.05) is 34.0 Å². The van der Waals surface area contributed by atoms with Crippen LogP contribution in [-0.2, 0) is 14.4 Å². The van der Waals surface area contributed by atoms with Gasteiger partial charge in [0.1, 0.15) is 0 Å². The molecular formula is C23H21ClN2O5S2. The average Bonchev–Trinajstić information content (AvgIpc) is 3.49. The molecular weight excluding hydrogens is 484 g/mol. The van der Waals surface area contributed by atoms with Gasteiger partial charge < -0.3 is 10.1 Å². The zero-order valence-electron chi connectivity index (χ0n) is 17.4. The van der Waals surface area contributed by atoms with Gasteiger partial charge >= 0.3 is 10.8 Å². The summed E-state index contributed by atoms with van der Waals surface area (Å²) in [5.74, 6) is -1.64. The Balaban J connectivity index is 1.37. The van der Waals surface area contributed by atoms with Crippen LogP contribution >= 0.6 is 34.7 Å². The van der Waals surface area contributed by atoms with Gasteiger partial charge in [0.2, 0.25) is 11.8 Å². The SMILES string of the molecule is O=C(O)CCCN1C(=O)[C@@H]2[C@H]3C[C@@H]([C@@H]2C1=O)[C@@H]1[C@H](c2ccc(Cl)cc2)c2sc(=O)[nH]c2S[C@H]31. The van der Waals surface area contributed by atoms with E-state index < -0.39 is 5.97 Å². The molecule has 2 aliphatic heterocycles. The van der Waals surface area contributed by atoms with Crippen LogP contribution in [0.4, 0.5) is 0 Å². The minimum Gasteiger partial charge on any atom is -0.481 e. The first-order valence-electron chi connectivity index (χ1n) is 11.1. The van der Waals surface area contributed by atoms with Crippen molar-refractivity contribution in [1.29, 1.82) is 0 Å². The summed E-state index contributed by atoms with van der Waals surface area (Å²) in [4.78, 5) is 55.0. The molecule has 2 aliphatic carbocycles. The number of aromatic nitrogens is 1. The van der Waals surface area contributed by atoms with Crippen LogP contribution < -0.4 is 4.87 Å². The van der Waals surface area contributed by atoms with Gasteiger partial charge in [-0.1, -0.05) is 35.1 Å². The second kappa shape index (κ2) is 7.71. The standard InChI is InChI=1S/C23H21ClN2O5S2/c24-10-5-3-9(4-6-10)14-15-11-8-12(18(15)32-20-19(14)33-23(31)25-20)17-16(11)21(29)26(22(17)30)7-1-2-13(27)28/h3-6,11-12,14-18H,1-2,7-8H2,(H,25,31)(H,27,28)/t11-,12-,14+,15-,16+,17-,18-/m1/s1. The molecule has 10 heteroatoms. The molecule has 7 nitrogen and oxygen atoms in total. The number of amides is 2. The topological polar surface area (TPSA) is 108 Å². The molecule has 2 amide bonds. The number of carbonyl (C=O) groups excluding carboxylic acids is 2. The van der Waals surface area contributed by atoms with Crippen LogP contribution in [0.2, 0.25) is 5.02 Å². The third kappa shape index (κ3) is 3.15. The Morgan fingerprint density at radius 3 is 2.52 bits per heavy atom. The number of thiazole rings is 1. The fourth-order valence-electron chi connectivity index (χ4n) is 6.73. The predicted molar refractivity (Wildman–Crippen MR) is 124 cm³/mol. The number of H-pyrrole nitrogens is 1. The van der Waals surface area contributed by atoms with Gasteiger partial charge in [-0.2, -0.15) is 0 Å². The first-order valence-corrected chi connectivity index (χ1v) is 13.1. The molecule has 6 rings (SSSR count). The number of imide groups is 1. The van der Waals surface area contributed by atoms with E-state index in [-0.39, 0.29) is 76.8 Å². The largest absolute Gasteiger partial charge is 0.481 e. The second-order valence-electron chi connectivity index (χ2n) is 9.34. The quantitative estimate of drug-likeness (QED) is 0.604. The van der Waals surface area contributed by atoms with Crippen molar-refractivity contribution >= 4 is 52.5 Å². The van der Waals surface area contributed by atoms with Crippen molar-refractivity contribution in [2.24, 2.45) is 29.6 Å². The van der Waals surface area contributed by atoms with Gasteiger partial charge in [-0.15, -0.1) is 11.8 Å². The highest BCUT2D eigenvalue weighted by molar-refractivity contribution is 8.00. The molecule has 4 aliphatic rings. The van der Waals surface area contributed by atoms with Gasteiger partial charge in [-0.05, 0) is 48.3 Å². The number of carboxylic acids is 1. The molecule has 0 unspecified atom stereocenters. The lowest BCUT2D eigenvalue weighted by molar-refractivity contribution is -0.142. The van der Waals surface area contributed by atoms with Crippen molar-refractivity contribution in [3.63, 3.8) is 0 Å². The van der Waals surface area contributed by atoms with Crippen molar-refractivity contribution in [2.45, 2.75) is 35.5 Å². The molecule has 1 saturated heterocycles. The molecule has 2 N–H and O–H groups in total. The molecule has 0 spiro atoms. The number of nitrogens with one attached hydrogen (secondary N) is 1. The summed E-state index contributed by atoms with van der Waals surface area (Å²) in [6, 6.07) is 7.70. The molecule has 33 heavy (non-hydrogen) atoms. The number of nitrogens with zero attached hydrogens (tertiary/aromatic N) is 1. The summed E-state index contributed by atoms with van der Waals surface area (Å²) in [5, 5.41) is 10.6. The van der Waals surface area contributed by atoms with E-state index in [9.17, 15) is 19.2 Å². The Labute approximate surface area is 202 Å². The van der Waals surface area contributed by atoms with Gasteiger partial charge in [-0.3, -0.25) is 24.1 Å². The highest BCUT2D eigenvalue weighted by Gasteiger charge is 2.69. The number of thioether (sulfide) groups is 1. The zero-order valence-corrected chi connectivity index (χ0v) is 19.8. The lowest BCUT2D eigenvalue weighted by atomic mass is 9.68. The summed E-state index contributed by atoms with van der Waals surface area (Å²) >= 11 is 9.02. The third-order valence-electron chi connectivity index (χ3n) is 7.82. The Bertz CT molecular complexity index is 1220. The number of carboxylic acid groups (broad SMARTS) is 1. The van der Waals surface area contributed by atoms with Crippen LogP contribution in [0.25, 0.3) is 0 Å². The Kier molecular flexibility index (Phi) is 5.01. The highest BCUT2D eigenvalue weighted by atomic mass is 35.5. The average molecular weight is 505 g/mol. The summed E-state index contributed by atoms with van der Waals surface area (Å²) in [5.41, 5.74) is 1.07. The van der Waals surface area contributed by atoms with E-state index >= 15 is 0 Å². The van der Waals surface area contributed by atoms with E-state index in [0.29, 0.717) is 5.02 Å². The summed E-state index contributed by atoms with van der Waals surface area (Å²) in [6.07, 6.45) is 1.04. The van der Waals surface area contributed by atoms with Crippen molar-refractivity contribution in [3.05, 3.63) is 49.4 Å². The highest BCUT2D eigenvalue weighted by Crippen LogP contribution is 2.68. The first-order chi connectivity index (χ1) is 15.8. The second-order valence-corrected chi connectivity index (χ2v) is 12.0. The maximum atomic E-state index is 13.4. The lowest BCUT2D eigenvalue weighted by Gasteiger charge is -2.43. The number of aliphatic carboxylic acids is 1. The predicted octanol–water partition coefficient (Wildman–Crippen LogP) is 3.43. The van der Waals surface area contributed by atoms with Crippen molar-refractivity contribution < 1.29 is 19.5 Å². The van der Waals surface area contributed by atoms with Crippen molar-refractivity contribution in [3.8, 4) is 0 Å². The normalized spacial score (nSPS) is 33.8. The first kappa shape index (κ1) is 21.4. The van der Waals surface area contributed by atoms with Gasteiger partial charge in [0.05, 0.1) is 16.9 Å². The van der Waals surface area contributed by atoms with Crippen LogP contribution in [0.1, 0.15) is 35.6 Å². The Morgan fingerprint density at radius 2 is 1.82 bits per heavy atom. The summed E-state index contributed by atoms with van der Waals surface area (Å²) in [7, 11) is 0. The molecule has 2 saturated carbocycles. The minimum atomic E-state index is -0.928. The fourth-order valence-corrected chi connectivity index (χ4v) is 9.75. The van der Waals surface area contributed by atoms with E-state index in [0.717, 1.165) is 21.9 Å². The van der Waals surface area contributed by atoms with E-state index in [1.165, 1.54) is 16.2 Å². The number of fused-ring (bicyclic) bond motifs is 9. The van der Waals surface area contributed by atoms with E-state index in [2.05, 4.69) is 4.98 Å². The van der Waals surface area contributed by atoms with Crippen molar-refractivity contribution in [1.82, 2.24) is 9.88 Å². The number of aromatic amines is 1. The van der Waals surface area contributed by atoms with Crippen LogP contribution in [-0.4, -0.2) is 44.6 Å². The number of halogens is 1. The summed E-state index contributed by atoms with van der Waals surface area (Å²) < 4.78 is 0. The summed E-state index contributed by atoms with van der Waals surface area (Å²) in [6.45, 7) is 0.167. The number of carbonyl (C=O) groups is 3. The zero-order chi connectivity index (χ0) is 23.0. The molecule has 1 aromatic heterocycles. The van der Waals surface area contributed by atoms with Gasteiger partial charge in [0.25, 0.3) is 0 Å². The molecule has 3 heterocycles. The fraction of sp³-hybridized carbons (Fsp3) is 0.478. The molecule has 1 aromatic carbocycles. The van der Waals surface area contributed by atoms with E-state index in [1.807, 2.05) is 24.3 Å². The number of likely N-dealkylation sites (tertiary alicyclic amines) is 1. The molecule has 3 fully saturated rings. The number of hydrogen-bond donors (Lipinski definition) is 2. The minimum absolute atomic E-state index is 0.0209. The third-order valence-corrected chi connectivity index (χ3v) is 10.7. The van der Waals surface area contributed by atoms with Crippen molar-refractivity contribution in [2.75, 3.05) is 6.54 Å². The maximum Gasteiger partial charge on any atom is 0.305 e. The van der Waals surface area contributed by atoms with Gasteiger partial charge in [0.15, 0.2) is 0 Å². The van der Waals surface area contributed by atoms with Crippen LogP contribution in [0, 0.1) is 29.6 Å². The molecule has 2 bridgehead atoms. The van der Waals surface area contributed by atoms with E-state index in [1.54, 1.807) is 11.8 Å². The Morgan fingerprint density at radius 1 is 1.12 bits per heavy atom. The monoisotopic (exact) mass is 504 g/mol. The molecule has 172 valence electrons. The number of rotatable bonds is 5. The van der Waals surface area contributed by atoms with E-state index in [4.69, 9.17) is 16.7 Å². The lowest BCUT2D eigenvalue weighted by Crippen LogP contribution is -2.42. The van der Waals surface area contributed by atoms with Crippen LogP contribution in [0.3, 0.4) is 0 Å². The molecule has 0 radical (unpaired) electrons. The van der Waals surface area contributed by atoms with Crippen LogP contribution in [0.5, 0.6) is 0 Å². The van der Waals surface area contributed by atoms with Crippen LogP contribution in [0.15, 0.2) is 34.1 Å². The van der Waals surface area contributed by atoms with Gasteiger partial charge in [-0.25, -0.2) is 0 Å². The Hall–Kier alpha value is -2.10. The molecule has 7 atom stereocenters. The number of benzene rings is 1. The maximum absolute atomic E-state index is 13.4. The number of hydrogen-bond acceptors (Lipinski definition) is 6.